The molecule has 0 bridgehead atoms. The molecule has 1 aromatic carbocycles. The summed E-state index contributed by atoms with van der Waals surface area (Å²) in [6.45, 7) is 4.57. The maximum atomic E-state index is 12.9. The van der Waals surface area contributed by atoms with Gasteiger partial charge in [0.25, 0.3) is 5.56 Å². The third kappa shape index (κ3) is 2.97. The van der Waals surface area contributed by atoms with E-state index in [1.807, 2.05) is 19.1 Å². The monoisotopic (exact) mass is 408 g/mol. The highest BCUT2D eigenvalue weighted by Gasteiger charge is 2.24. The van der Waals surface area contributed by atoms with E-state index in [0.29, 0.717) is 39.5 Å². The van der Waals surface area contributed by atoms with Gasteiger partial charge < -0.3 is 14.1 Å². The molecule has 0 amide bonds. The van der Waals surface area contributed by atoms with Crippen LogP contribution in [0, 0.1) is 5.92 Å². The average molecular weight is 408 g/mol. The van der Waals surface area contributed by atoms with Crippen molar-refractivity contribution in [3.05, 3.63) is 55.5 Å². The Bertz CT molecular complexity index is 1370. The van der Waals surface area contributed by atoms with Gasteiger partial charge in [-0.05, 0) is 49.8 Å². The molecule has 0 fully saturated rings. The summed E-state index contributed by atoms with van der Waals surface area (Å²) in [4.78, 5) is 34.9. The van der Waals surface area contributed by atoms with Gasteiger partial charge in [-0.2, -0.15) is 0 Å². The third-order valence-electron chi connectivity index (χ3n) is 5.44. The summed E-state index contributed by atoms with van der Waals surface area (Å²) in [6.07, 6.45) is 2.96. The molecule has 0 saturated heterocycles. The molecule has 1 aliphatic rings. The van der Waals surface area contributed by atoms with Gasteiger partial charge in [0.15, 0.2) is 11.3 Å². The summed E-state index contributed by atoms with van der Waals surface area (Å²) in [5.41, 5.74) is 1.01. The van der Waals surface area contributed by atoms with E-state index in [0.717, 1.165) is 24.8 Å². The predicted octanol–water partition coefficient (Wildman–Crippen LogP) is 4.28. The Morgan fingerprint density at radius 1 is 1.34 bits per heavy atom. The van der Waals surface area contributed by atoms with Crippen LogP contribution in [0.5, 0.6) is 5.75 Å². The SMILES string of the molecule is CCOc1cccc2cc(-c3nc4sc5c(c4c(=O)[nH]3)CC[C@H](C)C5)c(=O)oc12. The first-order valence-corrected chi connectivity index (χ1v) is 10.6. The van der Waals surface area contributed by atoms with Crippen molar-refractivity contribution in [2.45, 2.75) is 33.1 Å². The van der Waals surface area contributed by atoms with E-state index in [1.54, 1.807) is 23.5 Å². The quantitative estimate of drug-likeness (QED) is 0.512. The maximum absolute atomic E-state index is 12.9. The lowest BCUT2D eigenvalue weighted by Crippen LogP contribution is -2.15. The molecule has 6 nitrogen and oxygen atoms in total. The van der Waals surface area contributed by atoms with E-state index >= 15 is 0 Å². The Balaban J connectivity index is 1.70. The molecule has 0 saturated carbocycles. The number of nitrogens with zero attached hydrogens (tertiary/aromatic N) is 1. The van der Waals surface area contributed by atoms with Crippen LogP contribution in [0.1, 0.15) is 30.7 Å². The van der Waals surface area contributed by atoms with Gasteiger partial charge in [0, 0.05) is 10.3 Å². The second-order valence-electron chi connectivity index (χ2n) is 7.50. The van der Waals surface area contributed by atoms with Gasteiger partial charge in [0.05, 0.1) is 12.0 Å². The molecule has 7 heteroatoms. The predicted molar refractivity (Wildman–Crippen MR) is 114 cm³/mol. The molecule has 4 aromatic rings. The van der Waals surface area contributed by atoms with Gasteiger partial charge in [0.2, 0.25) is 0 Å². The van der Waals surface area contributed by atoms with Crippen LogP contribution < -0.4 is 15.9 Å². The number of ether oxygens (including phenoxy) is 1. The average Bonchev–Trinajstić information content (AvgIpc) is 3.06. The number of aryl methyl sites for hydroxylation is 1. The standard InChI is InChI=1S/C22H20N2O4S/c1-3-27-15-6-4-5-12-10-14(22(26)28-18(12)15)19-23-20(25)17-13-8-7-11(2)9-16(13)29-21(17)24-19/h4-6,10-11H,3,7-9H2,1-2H3,(H,23,24,25)/t11-/m0/s1. The molecule has 1 aliphatic carbocycles. The smallest absolute Gasteiger partial charge is 0.347 e. The fraction of sp³-hybridized carbons (Fsp3) is 0.318. The molecular formula is C22H20N2O4S. The molecule has 29 heavy (non-hydrogen) atoms. The zero-order valence-electron chi connectivity index (χ0n) is 16.2. The normalized spacial score (nSPS) is 16.3. The Hall–Kier alpha value is -2.93. The first-order chi connectivity index (χ1) is 14.0. The van der Waals surface area contributed by atoms with E-state index in [4.69, 9.17) is 9.15 Å². The van der Waals surface area contributed by atoms with E-state index in [9.17, 15) is 9.59 Å². The van der Waals surface area contributed by atoms with Crippen molar-refractivity contribution in [3.8, 4) is 17.1 Å². The third-order valence-corrected chi connectivity index (χ3v) is 6.59. The minimum atomic E-state index is -0.554. The molecule has 3 aromatic heterocycles. The number of hydrogen-bond acceptors (Lipinski definition) is 6. The summed E-state index contributed by atoms with van der Waals surface area (Å²) in [5, 5.41) is 1.39. The van der Waals surface area contributed by atoms with Crippen molar-refractivity contribution in [3.63, 3.8) is 0 Å². The van der Waals surface area contributed by atoms with Crippen molar-refractivity contribution in [2.75, 3.05) is 6.61 Å². The number of aromatic amines is 1. The molecule has 1 N–H and O–H groups in total. The van der Waals surface area contributed by atoms with Gasteiger partial charge >= 0.3 is 5.63 Å². The Labute approximate surface area is 170 Å². The van der Waals surface area contributed by atoms with Crippen molar-refractivity contribution in [1.82, 2.24) is 9.97 Å². The highest BCUT2D eigenvalue weighted by Crippen LogP contribution is 2.36. The van der Waals surface area contributed by atoms with Crippen LogP contribution in [0.3, 0.4) is 0 Å². The Morgan fingerprint density at radius 2 is 2.21 bits per heavy atom. The number of rotatable bonds is 3. The van der Waals surface area contributed by atoms with Gasteiger partial charge in [-0.15, -0.1) is 11.3 Å². The maximum Gasteiger partial charge on any atom is 0.347 e. The molecule has 5 rings (SSSR count). The van der Waals surface area contributed by atoms with Crippen molar-refractivity contribution >= 4 is 32.5 Å². The van der Waals surface area contributed by atoms with Gasteiger partial charge in [-0.25, -0.2) is 9.78 Å². The highest BCUT2D eigenvalue weighted by molar-refractivity contribution is 7.18. The first-order valence-electron chi connectivity index (χ1n) is 9.79. The molecule has 0 aliphatic heterocycles. The number of benzene rings is 1. The molecule has 0 radical (unpaired) electrons. The summed E-state index contributed by atoms with van der Waals surface area (Å²) >= 11 is 1.56. The van der Waals surface area contributed by atoms with E-state index < -0.39 is 5.63 Å². The van der Waals surface area contributed by atoms with Gasteiger partial charge in [-0.1, -0.05) is 19.1 Å². The largest absolute Gasteiger partial charge is 0.490 e. The van der Waals surface area contributed by atoms with Crippen LogP contribution in [0.2, 0.25) is 0 Å². The number of H-pyrrole nitrogens is 1. The molecule has 148 valence electrons. The summed E-state index contributed by atoms with van der Waals surface area (Å²) < 4.78 is 11.1. The van der Waals surface area contributed by atoms with Crippen LogP contribution in [0.25, 0.3) is 32.6 Å². The van der Waals surface area contributed by atoms with Crippen molar-refractivity contribution in [2.24, 2.45) is 5.92 Å². The number of nitrogens with one attached hydrogen (secondary N) is 1. The van der Waals surface area contributed by atoms with Crippen molar-refractivity contribution in [1.29, 1.82) is 0 Å². The first kappa shape index (κ1) is 18.1. The number of thiophene rings is 1. The number of para-hydroxylation sites is 1. The fourth-order valence-electron chi connectivity index (χ4n) is 4.03. The Morgan fingerprint density at radius 3 is 3.03 bits per heavy atom. The lowest BCUT2D eigenvalue weighted by atomic mass is 9.89. The van der Waals surface area contributed by atoms with Crippen LogP contribution in [-0.4, -0.2) is 16.6 Å². The molecule has 3 heterocycles. The zero-order valence-corrected chi connectivity index (χ0v) is 17.0. The highest BCUT2D eigenvalue weighted by atomic mass is 32.1. The van der Waals surface area contributed by atoms with Crippen LogP contribution >= 0.6 is 11.3 Å². The number of hydrogen-bond donors (Lipinski definition) is 1. The number of fused-ring (bicyclic) bond motifs is 4. The second-order valence-corrected chi connectivity index (χ2v) is 8.59. The lowest BCUT2D eigenvalue weighted by Gasteiger charge is -2.17. The zero-order chi connectivity index (χ0) is 20.1. The molecule has 0 unspecified atom stereocenters. The summed E-state index contributed by atoms with van der Waals surface area (Å²) in [5.74, 6) is 1.37. The van der Waals surface area contributed by atoms with Crippen LogP contribution in [0.4, 0.5) is 0 Å². The summed E-state index contributed by atoms with van der Waals surface area (Å²) in [7, 11) is 0. The van der Waals surface area contributed by atoms with Gasteiger partial charge in [0.1, 0.15) is 16.2 Å². The fourth-order valence-corrected chi connectivity index (χ4v) is 5.41. The molecule has 1 atom stereocenters. The second kappa shape index (κ2) is 6.84. The van der Waals surface area contributed by atoms with E-state index in [-0.39, 0.29) is 16.9 Å². The Kier molecular flexibility index (Phi) is 4.28. The minimum absolute atomic E-state index is 0.195. The number of aromatic nitrogens is 2. The lowest BCUT2D eigenvalue weighted by molar-refractivity contribution is 0.337. The van der Waals surface area contributed by atoms with Crippen LogP contribution in [0.15, 0.2) is 38.3 Å². The van der Waals surface area contributed by atoms with Crippen molar-refractivity contribution < 1.29 is 9.15 Å². The van der Waals surface area contributed by atoms with Crippen LogP contribution in [-0.2, 0) is 12.8 Å². The summed E-state index contributed by atoms with van der Waals surface area (Å²) in [6, 6.07) is 7.14. The molecule has 0 spiro atoms. The van der Waals surface area contributed by atoms with Gasteiger partial charge in [-0.3, -0.25) is 4.79 Å². The topological polar surface area (TPSA) is 85.2 Å². The minimum Gasteiger partial charge on any atom is -0.490 e. The molecular weight excluding hydrogens is 388 g/mol. The van der Waals surface area contributed by atoms with E-state index in [1.165, 1.54) is 4.88 Å². The van der Waals surface area contributed by atoms with E-state index in [2.05, 4.69) is 16.9 Å².